The van der Waals surface area contributed by atoms with Crippen LogP contribution in [0.15, 0.2) is 393 Å². The molecule has 14 heteroatoms. The van der Waals surface area contributed by atoms with Gasteiger partial charge in [0.25, 0.3) is 0 Å². The van der Waals surface area contributed by atoms with Crippen LogP contribution in [-0.2, 0) is 9.31 Å². The van der Waals surface area contributed by atoms with Gasteiger partial charge in [-0.3, -0.25) is 0 Å². The number of rotatable bonds is 14. The summed E-state index contributed by atoms with van der Waals surface area (Å²) in [4.78, 5) is 40.4. The molecule has 6 aromatic heterocycles. The Bertz CT molecular complexity index is 7010. The van der Waals surface area contributed by atoms with E-state index in [0.717, 1.165) is 176 Å². The maximum atomic E-state index is 6.32. The summed E-state index contributed by atoms with van der Waals surface area (Å²) >= 11 is 7.03. The Kier molecular flexibility index (Phi) is 21.2. The van der Waals surface area contributed by atoms with Gasteiger partial charge in [0.15, 0.2) is 23.3 Å². The van der Waals surface area contributed by atoms with E-state index in [9.17, 15) is 0 Å². The number of hydrogen-bond acceptors (Lipinski definition) is 12. The minimum absolute atomic E-state index is 0.383. The molecule has 0 atom stereocenters. The molecule has 574 valence electrons. The molecule has 1 fully saturated rings. The van der Waals surface area contributed by atoms with Gasteiger partial charge in [-0.2, -0.15) is 0 Å². The lowest BCUT2D eigenvalue weighted by molar-refractivity contribution is 0.00578. The van der Waals surface area contributed by atoms with Crippen LogP contribution in [0.5, 0.6) is 0 Å². The first kappa shape index (κ1) is 76.3. The highest BCUT2D eigenvalue weighted by molar-refractivity contribution is 9.10. The van der Waals surface area contributed by atoms with Crippen molar-refractivity contribution in [2.45, 2.75) is 38.9 Å². The normalized spacial score (nSPS) is 12.8. The number of benzene rings is 14. The van der Waals surface area contributed by atoms with E-state index in [4.69, 9.17) is 49.2 Å². The number of aromatic nitrogens is 8. The number of thiophene rings is 2. The molecule has 0 aliphatic carbocycles. The second kappa shape index (κ2) is 33.4. The van der Waals surface area contributed by atoms with Crippen molar-refractivity contribution in [2.75, 3.05) is 0 Å². The smallest absolute Gasteiger partial charge is 0.399 e. The molecule has 10 nitrogen and oxygen atoms in total. The van der Waals surface area contributed by atoms with Crippen LogP contribution in [-0.4, -0.2) is 58.2 Å². The van der Waals surface area contributed by atoms with Gasteiger partial charge in [0.2, 0.25) is 0 Å². The molecule has 0 spiro atoms. The molecule has 20 aromatic rings. The fraction of sp³-hybridized carbons (Fsp3) is 0.0566. The Hall–Kier alpha value is -13.7. The van der Waals surface area contributed by atoms with Crippen LogP contribution < -0.4 is 5.46 Å². The van der Waals surface area contributed by atoms with Gasteiger partial charge < -0.3 is 9.31 Å². The lowest BCUT2D eigenvalue weighted by Crippen LogP contribution is -2.41. The van der Waals surface area contributed by atoms with Gasteiger partial charge in [-0.25, -0.2) is 39.9 Å². The van der Waals surface area contributed by atoms with Crippen LogP contribution in [0.25, 0.3) is 187 Å². The lowest BCUT2D eigenvalue weighted by Gasteiger charge is -2.32. The number of hydrogen-bond donors (Lipinski definition) is 0. The predicted molar refractivity (Wildman–Crippen MR) is 502 cm³/mol. The first-order valence-corrected chi connectivity index (χ1v) is 42.4. The molecule has 14 aromatic carbocycles. The zero-order valence-electron chi connectivity index (χ0n) is 66.1. The van der Waals surface area contributed by atoms with E-state index < -0.39 is 7.12 Å². The summed E-state index contributed by atoms with van der Waals surface area (Å²) in [6, 6.07) is 134. The van der Waals surface area contributed by atoms with Gasteiger partial charge in [0, 0.05) is 80.3 Å². The molecule has 21 rings (SSSR count). The lowest BCUT2D eigenvalue weighted by atomic mass is 9.78. The maximum Gasteiger partial charge on any atom is 0.494 e. The summed E-state index contributed by atoms with van der Waals surface area (Å²) in [7, 11) is -0.404. The minimum Gasteiger partial charge on any atom is -0.399 e. The quantitative estimate of drug-likeness (QED) is 0.0973. The fourth-order valence-corrected chi connectivity index (χ4v) is 17.8. The van der Waals surface area contributed by atoms with Crippen molar-refractivity contribution in [3.63, 3.8) is 0 Å². The van der Waals surface area contributed by atoms with E-state index in [2.05, 4.69) is 317 Å². The van der Waals surface area contributed by atoms with E-state index in [1.165, 1.54) is 9.40 Å². The van der Waals surface area contributed by atoms with E-state index in [1.807, 2.05) is 115 Å². The van der Waals surface area contributed by atoms with Crippen LogP contribution in [0.4, 0.5) is 0 Å². The van der Waals surface area contributed by atoms with Gasteiger partial charge in [-0.1, -0.05) is 344 Å². The summed E-state index contributed by atoms with van der Waals surface area (Å²) in [5.74, 6) is 2.85. The summed E-state index contributed by atoms with van der Waals surface area (Å²) in [5.41, 5.74) is 24.8. The van der Waals surface area contributed by atoms with Crippen molar-refractivity contribution in [3.8, 4) is 146 Å². The molecule has 1 aliphatic heterocycles. The molecule has 0 radical (unpaired) electrons. The molecular formula is C106H76BBrN8O2S2. The standard InChI is InChI=1S/C50H32N4S.C34H29BN2O2S.C22H15BrN2/c1-4-15-33(16-5-1)43-32-44(34-17-6-2-7-18-34)52-49(51-43)40-25-13-23-38(30-40)36-21-12-22-37(29-36)39-24-14-26-41(31-39)50-53-46(35-19-8-3-9-20-35)48-47(54-50)42-27-10-11-28-45(42)55-48;1-33(2)34(3,4)39-35(38-33)26-17-11-15-24(21-26)23-14-10-16-25(20-23)32-36-29(22-12-6-5-7-13-22)31-30(37-32)27-18-8-9-19-28(27)40-31;23-19-13-7-12-18(14-19)22-24-20(16-8-3-1-4-9-16)15-21(25-22)17-10-5-2-6-11-17/h1-32H;5-21H,1-4H3;1-15H. The molecule has 0 unspecified atom stereocenters. The molecule has 0 amide bonds. The SMILES string of the molecule is Brc1cccc(-c2nc(-c3ccccc3)cc(-c3ccccc3)n2)c1.CC1(C)OB(c2cccc(-c3cccc(-c4nc(-c5ccccc5)c5sc6ccccc6c5n4)c3)c2)OC1(C)C.c1ccc(-c2cc(-c3ccccc3)nc(-c3cccc(-c4cccc(-c5cccc(-c6nc(-c7ccccc7)c7sc8ccccc8c7n6)c5)c4)c3)n2)cc1. The highest BCUT2D eigenvalue weighted by Crippen LogP contribution is 2.44. The van der Waals surface area contributed by atoms with Crippen molar-refractivity contribution in [1.82, 2.24) is 39.9 Å². The topological polar surface area (TPSA) is 122 Å². The third-order valence-electron chi connectivity index (χ3n) is 22.0. The third kappa shape index (κ3) is 16.1. The van der Waals surface area contributed by atoms with E-state index >= 15 is 0 Å². The van der Waals surface area contributed by atoms with E-state index in [-0.39, 0.29) is 11.2 Å². The van der Waals surface area contributed by atoms with Gasteiger partial charge in [-0.05, 0) is 127 Å². The van der Waals surface area contributed by atoms with Crippen molar-refractivity contribution in [2.24, 2.45) is 0 Å². The number of halogens is 1. The Morgan fingerprint density at radius 1 is 0.242 bits per heavy atom. The molecule has 7 heterocycles. The van der Waals surface area contributed by atoms with Crippen LogP contribution in [0.1, 0.15) is 27.7 Å². The van der Waals surface area contributed by atoms with E-state index in [0.29, 0.717) is 11.6 Å². The highest BCUT2D eigenvalue weighted by Gasteiger charge is 2.51. The number of nitrogens with zero attached hydrogens (tertiary/aromatic N) is 8. The Balaban J connectivity index is 0.000000128. The maximum absolute atomic E-state index is 6.32. The Morgan fingerprint density at radius 3 is 0.858 bits per heavy atom. The van der Waals surface area contributed by atoms with Crippen LogP contribution in [0.2, 0.25) is 0 Å². The molecule has 1 saturated heterocycles. The van der Waals surface area contributed by atoms with Gasteiger partial charge in [0.05, 0.1) is 65.8 Å². The fourth-order valence-electron chi connectivity index (χ4n) is 15.1. The molecular weight excluding hydrogens is 1570 g/mol. The zero-order chi connectivity index (χ0) is 81.1. The first-order chi connectivity index (χ1) is 58.8. The van der Waals surface area contributed by atoms with Crippen LogP contribution in [0.3, 0.4) is 0 Å². The predicted octanol–water partition coefficient (Wildman–Crippen LogP) is 27.7. The zero-order valence-corrected chi connectivity index (χ0v) is 69.3. The molecule has 1 aliphatic rings. The Labute approximate surface area is 713 Å². The molecule has 0 N–H and O–H groups in total. The monoisotopic (exact) mass is 1650 g/mol. The second-order valence-corrected chi connectivity index (χ2v) is 33.5. The Morgan fingerprint density at radius 2 is 0.508 bits per heavy atom. The van der Waals surface area contributed by atoms with Gasteiger partial charge in [0.1, 0.15) is 0 Å². The summed E-state index contributed by atoms with van der Waals surface area (Å²) in [6.45, 7) is 8.32. The summed E-state index contributed by atoms with van der Waals surface area (Å²) in [6.07, 6.45) is 0. The van der Waals surface area contributed by atoms with Crippen molar-refractivity contribution in [1.29, 1.82) is 0 Å². The average Bonchev–Trinajstić information content (AvgIpc) is 1.56. The van der Waals surface area contributed by atoms with Crippen molar-refractivity contribution in [3.05, 3.63) is 393 Å². The van der Waals surface area contributed by atoms with Crippen molar-refractivity contribution < 1.29 is 9.31 Å². The first-order valence-electron chi connectivity index (χ1n) is 40.0. The van der Waals surface area contributed by atoms with Crippen LogP contribution >= 0.6 is 38.6 Å². The minimum atomic E-state index is -0.404. The van der Waals surface area contributed by atoms with Crippen molar-refractivity contribution >= 4 is 91.8 Å². The largest absolute Gasteiger partial charge is 0.494 e. The molecule has 0 bridgehead atoms. The summed E-state index contributed by atoms with van der Waals surface area (Å²) < 4.78 is 18.3. The van der Waals surface area contributed by atoms with Crippen LogP contribution in [0, 0.1) is 0 Å². The third-order valence-corrected chi connectivity index (χ3v) is 24.8. The molecule has 0 saturated carbocycles. The molecule has 120 heavy (non-hydrogen) atoms. The average molecular weight is 1650 g/mol. The van der Waals surface area contributed by atoms with E-state index in [1.54, 1.807) is 22.7 Å². The van der Waals surface area contributed by atoms with Gasteiger partial charge in [-0.15, -0.1) is 22.7 Å². The summed E-state index contributed by atoms with van der Waals surface area (Å²) in [5, 5.41) is 2.32. The van der Waals surface area contributed by atoms with Gasteiger partial charge >= 0.3 is 7.12 Å². The highest BCUT2D eigenvalue weighted by atomic mass is 79.9. The second-order valence-electron chi connectivity index (χ2n) is 30.5. The number of fused-ring (bicyclic) bond motifs is 6.